The van der Waals surface area contributed by atoms with Crippen molar-refractivity contribution in [1.82, 2.24) is 20.8 Å². The number of carbonyl (C=O) groups excluding carboxylic acids is 1. The minimum atomic E-state index is -0.759. The Labute approximate surface area is 150 Å². The monoisotopic (exact) mass is 362 g/mol. The van der Waals surface area contributed by atoms with Crippen molar-refractivity contribution >= 4 is 17.7 Å². The summed E-state index contributed by atoms with van der Waals surface area (Å²) in [5.41, 5.74) is 0.167. The molecule has 3 rings (SSSR count). The van der Waals surface area contributed by atoms with Gasteiger partial charge >= 0.3 is 0 Å². The molecule has 1 saturated heterocycles. The van der Waals surface area contributed by atoms with Gasteiger partial charge in [-0.05, 0) is 25.5 Å². The van der Waals surface area contributed by atoms with Gasteiger partial charge in [-0.3, -0.25) is 4.79 Å². The maximum absolute atomic E-state index is 12.5. The first-order valence-electron chi connectivity index (χ1n) is 8.22. The molecule has 1 aromatic carbocycles. The van der Waals surface area contributed by atoms with Crippen LogP contribution in [-0.2, 0) is 16.1 Å². The van der Waals surface area contributed by atoms with Gasteiger partial charge in [0.05, 0.1) is 23.1 Å². The predicted molar refractivity (Wildman–Crippen MR) is 95.0 cm³/mol. The van der Waals surface area contributed by atoms with Gasteiger partial charge in [0, 0.05) is 6.54 Å². The quantitative estimate of drug-likeness (QED) is 0.704. The van der Waals surface area contributed by atoms with Crippen LogP contribution in [0.2, 0.25) is 0 Å². The van der Waals surface area contributed by atoms with Crippen LogP contribution in [0.4, 0.5) is 0 Å². The summed E-state index contributed by atoms with van der Waals surface area (Å²) in [6.45, 7) is 2.94. The van der Waals surface area contributed by atoms with E-state index in [1.54, 1.807) is 6.92 Å². The van der Waals surface area contributed by atoms with Gasteiger partial charge in [-0.25, -0.2) is 0 Å². The number of nitrogens with zero attached hydrogens (tertiary/aromatic N) is 2. The second kappa shape index (κ2) is 7.99. The standard InChI is InChI=1S/C17H22N4O3S/c1-12-19-16(24-21-12)11-25-10-15(23)20-17(7-8-18-9-14(17)22)13-5-3-2-4-6-13/h2-6,14,18,22H,7-11H2,1H3,(H,20,23)/t14-,17-/m1/s1. The van der Waals surface area contributed by atoms with Gasteiger partial charge in [-0.1, -0.05) is 35.5 Å². The highest BCUT2D eigenvalue weighted by molar-refractivity contribution is 7.99. The van der Waals surface area contributed by atoms with E-state index in [1.807, 2.05) is 30.3 Å². The highest BCUT2D eigenvalue weighted by Gasteiger charge is 2.42. The first-order valence-corrected chi connectivity index (χ1v) is 9.38. The third kappa shape index (κ3) is 4.20. The lowest BCUT2D eigenvalue weighted by Crippen LogP contribution is -2.61. The molecule has 1 aromatic heterocycles. The number of aromatic nitrogens is 2. The molecule has 8 heteroatoms. The second-order valence-electron chi connectivity index (χ2n) is 6.08. The fourth-order valence-corrected chi connectivity index (χ4v) is 3.72. The van der Waals surface area contributed by atoms with Crippen molar-refractivity contribution in [2.75, 3.05) is 18.8 Å². The SMILES string of the molecule is Cc1noc(CSCC(=O)N[C@@]2(c3ccccc3)CCNC[C@H]2O)n1. The van der Waals surface area contributed by atoms with E-state index in [9.17, 15) is 9.90 Å². The van der Waals surface area contributed by atoms with Crippen molar-refractivity contribution in [3.05, 3.63) is 47.6 Å². The van der Waals surface area contributed by atoms with Crippen LogP contribution in [0.15, 0.2) is 34.9 Å². The number of aryl methyl sites for hydroxylation is 1. The van der Waals surface area contributed by atoms with E-state index >= 15 is 0 Å². The number of aliphatic hydroxyl groups is 1. The number of rotatable bonds is 6. The zero-order valence-electron chi connectivity index (χ0n) is 14.1. The maximum atomic E-state index is 12.5. The Morgan fingerprint density at radius 1 is 1.48 bits per heavy atom. The number of hydrogen-bond donors (Lipinski definition) is 3. The van der Waals surface area contributed by atoms with Crippen LogP contribution in [0, 0.1) is 6.92 Å². The first-order chi connectivity index (χ1) is 12.1. The Morgan fingerprint density at radius 3 is 2.96 bits per heavy atom. The Morgan fingerprint density at radius 2 is 2.28 bits per heavy atom. The van der Waals surface area contributed by atoms with Crippen LogP contribution < -0.4 is 10.6 Å². The molecule has 0 spiro atoms. The highest BCUT2D eigenvalue weighted by atomic mass is 32.2. The molecule has 1 aliphatic heterocycles. The molecular weight excluding hydrogens is 340 g/mol. The van der Waals surface area contributed by atoms with Gasteiger partial charge in [0.25, 0.3) is 0 Å². The summed E-state index contributed by atoms with van der Waals surface area (Å²) in [6, 6.07) is 9.66. The number of hydrogen-bond acceptors (Lipinski definition) is 7. The Bertz CT molecular complexity index is 709. The molecule has 1 aliphatic rings. The third-order valence-electron chi connectivity index (χ3n) is 4.28. The molecule has 2 atom stereocenters. The molecule has 0 aliphatic carbocycles. The molecule has 1 amide bonds. The fourth-order valence-electron chi connectivity index (χ4n) is 3.07. The highest BCUT2D eigenvalue weighted by Crippen LogP contribution is 2.31. The van der Waals surface area contributed by atoms with Crippen LogP contribution in [-0.4, -0.2) is 46.1 Å². The van der Waals surface area contributed by atoms with Gasteiger partial charge in [-0.2, -0.15) is 4.98 Å². The summed E-state index contributed by atoms with van der Waals surface area (Å²) >= 11 is 1.41. The molecule has 3 N–H and O–H groups in total. The minimum Gasteiger partial charge on any atom is -0.389 e. The lowest BCUT2D eigenvalue weighted by Gasteiger charge is -2.43. The molecular formula is C17H22N4O3S. The van der Waals surface area contributed by atoms with E-state index in [0.29, 0.717) is 30.4 Å². The summed E-state index contributed by atoms with van der Waals surface area (Å²) in [5.74, 6) is 1.72. The van der Waals surface area contributed by atoms with E-state index in [4.69, 9.17) is 4.52 Å². The second-order valence-corrected chi connectivity index (χ2v) is 7.07. The van der Waals surface area contributed by atoms with E-state index in [1.165, 1.54) is 11.8 Å². The number of nitrogens with one attached hydrogen (secondary N) is 2. The van der Waals surface area contributed by atoms with E-state index in [0.717, 1.165) is 12.1 Å². The lowest BCUT2D eigenvalue weighted by molar-refractivity contribution is -0.123. The summed E-state index contributed by atoms with van der Waals surface area (Å²) in [7, 11) is 0. The number of β-amino-alcohol motifs (C(OH)–C–C–N with tert-alkyl or cyclic N) is 1. The van der Waals surface area contributed by atoms with Gasteiger partial charge < -0.3 is 20.3 Å². The molecule has 0 bridgehead atoms. The van der Waals surface area contributed by atoms with Gasteiger partial charge in [-0.15, -0.1) is 11.8 Å². The number of piperidine rings is 1. The average molecular weight is 362 g/mol. The van der Waals surface area contributed by atoms with Crippen LogP contribution >= 0.6 is 11.8 Å². The van der Waals surface area contributed by atoms with Crippen LogP contribution in [0.25, 0.3) is 0 Å². The van der Waals surface area contributed by atoms with Crippen molar-refractivity contribution in [1.29, 1.82) is 0 Å². The Hall–Kier alpha value is -1.90. The molecule has 1 fully saturated rings. The van der Waals surface area contributed by atoms with Crippen molar-refractivity contribution in [3.63, 3.8) is 0 Å². The number of aliphatic hydroxyl groups excluding tert-OH is 1. The van der Waals surface area contributed by atoms with E-state index < -0.39 is 11.6 Å². The topological polar surface area (TPSA) is 100 Å². The van der Waals surface area contributed by atoms with Crippen LogP contribution in [0.1, 0.15) is 23.7 Å². The van der Waals surface area contributed by atoms with Crippen molar-refractivity contribution in [2.45, 2.75) is 30.7 Å². The molecule has 0 radical (unpaired) electrons. The largest absolute Gasteiger partial charge is 0.389 e. The first kappa shape index (κ1) is 17.9. The maximum Gasteiger partial charge on any atom is 0.236 e. The van der Waals surface area contributed by atoms with Crippen LogP contribution in [0.3, 0.4) is 0 Å². The third-order valence-corrected chi connectivity index (χ3v) is 5.20. The fraction of sp³-hybridized carbons (Fsp3) is 0.471. The predicted octanol–water partition coefficient (Wildman–Crippen LogP) is 0.977. The van der Waals surface area contributed by atoms with Gasteiger partial charge in [0.1, 0.15) is 0 Å². The van der Waals surface area contributed by atoms with Crippen molar-refractivity contribution < 1.29 is 14.4 Å². The Balaban J connectivity index is 1.64. The molecule has 2 heterocycles. The lowest BCUT2D eigenvalue weighted by atomic mass is 9.79. The molecule has 7 nitrogen and oxygen atoms in total. The molecule has 134 valence electrons. The number of benzene rings is 1. The Kier molecular flexibility index (Phi) is 5.72. The van der Waals surface area contributed by atoms with Gasteiger partial charge in [0.15, 0.2) is 5.82 Å². The smallest absolute Gasteiger partial charge is 0.236 e. The molecule has 2 aromatic rings. The normalized spacial score (nSPS) is 23.4. The van der Waals surface area contributed by atoms with E-state index in [2.05, 4.69) is 20.8 Å². The summed E-state index contributed by atoms with van der Waals surface area (Å²) in [5, 5.41) is 20.6. The molecule has 25 heavy (non-hydrogen) atoms. The minimum absolute atomic E-state index is 0.119. The summed E-state index contributed by atoms with van der Waals surface area (Å²) in [4.78, 5) is 16.6. The van der Waals surface area contributed by atoms with Gasteiger partial charge in [0.2, 0.25) is 11.8 Å². The summed E-state index contributed by atoms with van der Waals surface area (Å²) < 4.78 is 5.04. The zero-order chi connectivity index (χ0) is 17.7. The van der Waals surface area contributed by atoms with Crippen molar-refractivity contribution in [2.24, 2.45) is 0 Å². The van der Waals surface area contributed by atoms with Crippen LogP contribution in [0.5, 0.6) is 0 Å². The average Bonchev–Trinajstić information content (AvgIpc) is 3.03. The molecule has 0 saturated carbocycles. The summed E-state index contributed by atoms with van der Waals surface area (Å²) in [6.07, 6.45) is -0.0477. The zero-order valence-corrected chi connectivity index (χ0v) is 14.9. The molecule has 0 unspecified atom stereocenters. The van der Waals surface area contributed by atoms with Crippen molar-refractivity contribution in [3.8, 4) is 0 Å². The van der Waals surface area contributed by atoms with E-state index in [-0.39, 0.29) is 11.7 Å². The number of amides is 1. The number of thioether (sulfide) groups is 1. The number of carbonyl (C=O) groups is 1.